The molecule has 0 unspecified atom stereocenters. The molecule has 0 spiro atoms. The summed E-state index contributed by atoms with van der Waals surface area (Å²) in [5.41, 5.74) is 7.08. The summed E-state index contributed by atoms with van der Waals surface area (Å²) in [5.74, 6) is -0.0491. The summed E-state index contributed by atoms with van der Waals surface area (Å²) in [6, 6.07) is 13.9. The fraction of sp³-hybridized carbons (Fsp3) is 0.0435. The van der Waals surface area contributed by atoms with Crippen LogP contribution in [0.5, 0.6) is 0 Å². The van der Waals surface area contributed by atoms with Crippen LogP contribution in [0.3, 0.4) is 0 Å². The third kappa shape index (κ3) is 5.94. The van der Waals surface area contributed by atoms with Crippen LogP contribution >= 0.6 is 22.9 Å². The van der Waals surface area contributed by atoms with Gasteiger partial charge < -0.3 is 5.73 Å². The highest BCUT2D eigenvalue weighted by atomic mass is 35.5. The Bertz CT molecular complexity index is 1370. The Labute approximate surface area is 206 Å². The molecule has 0 atom stereocenters. The molecule has 0 aliphatic heterocycles. The molecule has 1 amide bonds. The number of hydrogen-bond donors (Lipinski definition) is 2. The molecule has 0 aliphatic rings. The molecule has 0 aliphatic carbocycles. The molecule has 0 bridgehead atoms. The molecule has 0 saturated carbocycles. The molecule has 2 aromatic carbocycles. The molecule has 178 valence electrons. The number of anilines is 1. The lowest BCUT2D eigenvalue weighted by atomic mass is 10.1. The Morgan fingerprint density at radius 1 is 1.09 bits per heavy atom. The predicted molar refractivity (Wildman–Crippen MR) is 128 cm³/mol. The normalized spacial score (nSPS) is 11.8. The van der Waals surface area contributed by atoms with Gasteiger partial charge in [-0.05, 0) is 30.3 Å². The van der Waals surface area contributed by atoms with Crippen molar-refractivity contribution in [3.63, 3.8) is 0 Å². The fourth-order valence-electron chi connectivity index (χ4n) is 2.97. The van der Waals surface area contributed by atoms with Gasteiger partial charge in [0.05, 0.1) is 11.3 Å². The number of hydrogen-bond acceptors (Lipinski definition) is 6. The van der Waals surface area contributed by atoms with Gasteiger partial charge in [0, 0.05) is 45.2 Å². The van der Waals surface area contributed by atoms with Gasteiger partial charge in [-0.25, -0.2) is 9.78 Å². The molecule has 0 radical (unpaired) electrons. The lowest BCUT2D eigenvalue weighted by Gasteiger charge is -2.09. The number of nitrogens with one attached hydrogen (secondary N) is 1. The number of alkyl halides is 3. The smallest absolute Gasteiger partial charge is 0.380 e. The number of carbonyl (C=O) groups excluding carboxylic acids is 1. The van der Waals surface area contributed by atoms with Crippen LogP contribution in [-0.4, -0.2) is 21.9 Å². The maximum absolute atomic E-state index is 13.3. The standard InChI is InChI=1S/C23H15ClF3N5O2S/c24-15-5-7-16(8-6-15)30-22(33)34-32-20(28)14-3-1-13(2-4-14)19-12-35-21(31-19)17-11-29-10-9-18(17)23(25,26)27/h1-12H,(H2,28,32)(H,30,33). The van der Waals surface area contributed by atoms with Crippen LogP contribution in [0, 0.1) is 0 Å². The first-order chi connectivity index (χ1) is 16.7. The molecule has 35 heavy (non-hydrogen) atoms. The van der Waals surface area contributed by atoms with E-state index in [-0.39, 0.29) is 16.4 Å². The van der Waals surface area contributed by atoms with Crippen LogP contribution in [0.15, 0.2) is 77.5 Å². The summed E-state index contributed by atoms with van der Waals surface area (Å²) >= 11 is 6.87. The number of amides is 1. The summed E-state index contributed by atoms with van der Waals surface area (Å²) in [4.78, 5) is 24.8. The second kappa shape index (κ2) is 10.1. The third-order valence-electron chi connectivity index (χ3n) is 4.66. The number of amidine groups is 1. The number of nitrogens with zero attached hydrogens (tertiary/aromatic N) is 3. The van der Waals surface area contributed by atoms with Gasteiger partial charge in [0.2, 0.25) is 0 Å². The van der Waals surface area contributed by atoms with Crippen LogP contribution in [0.4, 0.5) is 23.7 Å². The van der Waals surface area contributed by atoms with Gasteiger partial charge in [-0.2, -0.15) is 13.2 Å². The van der Waals surface area contributed by atoms with Gasteiger partial charge in [-0.15, -0.1) is 11.3 Å². The van der Waals surface area contributed by atoms with Gasteiger partial charge in [0.15, 0.2) is 5.84 Å². The summed E-state index contributed by atoms with van der Waals surface area (Å²) in [7, 11) is 0. The zero-order valence-corrected chi connectivity index (χ0v) is 19.2. The number of benzene rings is 2. The topological polar surface area (TPSA) is 102 Å². The predicted octanol–water partition coefficient (Wildman–Crippen LogP) is 6.41. The third-order valence-corrected chi connectivity index (χ3v) is 5.78. The van der Waals surface area contributed by atoms with Gasteiger partial charge in [0.25, 0.3) is 0 Å². The van der Waals surface area contributed by atoms with Crippen molar-refractivity contribution in [2.75, 3.05) is 5.32 Å². The van der Waals surface area contributed by atoms with Crippen molar-refractivity contribution in [2.24, 2.45) is 10.9 Å². The van der Waals surface area contributed by atoms with E-state index in [0.717, 1.165) is 29.8 Å². The number of rotatable bonds is 5. The molecule has 12 heteroatoms. The number of carbonyl (C=O) groups is 1. The van der Waals surface area contributed by atoms with E-state index in [0.29, 0.717) is 27.5 Å². The maximum Gasteiger partial charge on any atom is 0.437 e. The van der Waals surface area contributed by atoms with Gasteiger partial charge in [-0.1, -0.05) is 41.0 Å². The Kier molecular flexibility index (Phi) is 6.99. The van der Waals surface area contributed by atoms with Crippen LogP contribution < -0.4 is 11.1 Å². The lowest BCUT2D eigenvalue weighted by Crippen LogP contribution is -2.17. The summed E-state index contributed by atoms with van der Waals surface area (Å²) in [6.45, 7) is 0. The molecule has 4 aromatic rings. The highest BCUT2D eigenvalue weighted by Gasteiger charge is 2.34. The zero-order chi connectivity index (χ0) is 25.0. The van der Waals surface area contributed by atoms with Gasteiger partial charge in [0.1, 0.15) is 5.01 Å². The maximum atomic E-state index is 13.3. The Morgan fingerprint density at radius 2 is 1.80 bits per heavy atom. The second-order valence-corrected chi connectivity index (χ2v) is 8.32. The van der Waals surface area contributed by atoms with E-state index in [1.807, 2.05) is 0 Å². The number of oxime groups is 1. The van der Waals surface area contributed by atoms with Crippen molar-refractivity contribution in [3.05, 3.63) is 88.5 Å². The highest BCUT2D eigenvalue weighted by molar-refractivity contribution is 7.13. The Hall–Kier alpha value is -3.96. The van der Waals surface area contributed by atoms with Crippen LogP contribution in [0.1, 0.15) is 11.1 Å². The SMILES string of the molecule is N/C(=N\OC(=O)Nc1ccc(Cl)cc1)c1ccc(-c2csc(-c3cnccc3C(F)(F)F)n2)cc1. The lowest BCUT2D eigenvalue weighted by molar-refractivity contribution is -0.137. The monoisotopic (exact) mass is 517 g/mol. The number of pyridine rings is 1. The van der Waals surface area contributed by atoms with Crippen molar-refractivity contribution in [3.8, 4) is 21.8 Å². The van der Waals surface area contributed by atoms with E-state index >= 15 is 0 Å². The first-order valence-corrected chi connectivity index (χ1v) is 11.1. The number of thiazole rings is 1. The quantitative estimate of drug-likeness (QED) is 0.138. The molecule has 7 nitrogen and oxygen atoms in total. The first-order valence-electron chi connectivity index (χ1n) is 9.85. The van der Waals surface area contributed by atoms with E-state index < -0.39 is 17.8 Å². The van der Waals surface area contributed by atoms with E-state index in [4.69, 9.17) is 22.2 Å². The van der Waals surface area contributed by atoms with Crippen LogP contribution in [0.2, 0.25) is 5.02 Å². The van der Waals surface area contributed by atoms with Crippen LogP contribution in [-0.2, 0) is 11.0 Å². The van der Waals surface area contributed by atoms with Crippen molar-refractivity contribution in [1.82, 2.24) is 9.97 Å². The molecule has 4 rings (SSSR count). The highest BCUT2D eigenvalue weighted by Crippen LogP contribution is 2.38. The molecule has 2 aromatic heterocycles. The van der Waals surface area contributed by atoms with Crippen molar-refractivity contribution >= 4 is 40.6 Å². The molecule has 0 fully saturated rings. The average Bonchev–Trinajstić information content (AvgIpc) is 3.34. The van der Waals surface area contributed by atoms with E-state index in [1.54, 1.807) is 53.9 Å². The summed E-state index contributed by atoms with van der Waals surface area (Å²) in [5, 5.41) is 8.46. The molecular formula is C23H15ClF3N5O2S. The molecular weight excluding hydrogens is 503 g/mol. The number of nitrogens with two attached hydrogens (primary N) is 1. The summed E-state index contributed by atoms with van der Waals surface area (Å²) < 4.78 is 39.9. The van der Waals surface area contributed by atoms with E-state index in [9.17, 15) is 18.0 Å². The minimum absolute atomic E-state index is 0.0491. The minimum atomic E-state index is -4.52. The van der Waals surface area contributed by atoms with E-state index in [2.05, 4.69) is 20.4 Å². The first kappa shape index (κ1) is 24.2. The average molecular weight is 518 g/mol. The number of aromatic nitrogens is 2. The largest absolute Gasteiger partial charge is 0.437 e. The van der Waals surface area contributed by atoms with Crippen molar-refractivity contribution in [1.29, 1.82) is 0 Å². The molecule has 0 saturated heterocycles. The number of halogens is 4. The molecule has 3 N–H and O–H groups in total. The van der Waals surface area contributed by atoms with E-state index in [1.165, 1.54) is 0 Å². The Morgan fingerprint density at radius 3 is 2.49 bits per heavy atom. The van der Waals surface area contributed by atoms with Crippen molar-refractivity contribution in [2.45, 2.75) is 6.18 Å². The summed E-state index contributed by atoms with van der Waals surface area (Å²) in [6.07, 6.45) is -3.11. The molecule has 2 heterocycles. The second-order valence-electron chi connectivity index (χ2n) is 7.02. The van der Waals surface area contributed by atoms with Gasteiger partial charge in [-0.3, -0.25) is 15.1 Å². The van der Waals surface area contributed by atoms with Crippen molar-refractivity contribution < 1.29 is 22.8 Å². The zero-order valence-electron chi connectivity index (χ0n) is 17.6. The van der Waals surface area contributed by atoms with Gasteiger partial charge >= 0.3 is 12.3 Å². The minimum Gasteiger partial charge on any atom is -0.380 e. The fourth-order valence-corrected chi connectivity index (χ4v) is 3.95. The Balaban J connectivity index is 1.44. The van der Waals surface area contributed by atoms with Crippen LogP contribution in [0.25, 0.3) is 21.8 Å².